The van der Waals surface area contributed by atoms with Gasteiger partial charge in [0.15, 0.2) is 0 Å². The van der Waals surface area contributed by atoms with Gasteiger partial charge in [-0.05, 0) is 19.8 Å². The Hall–Kier alpha value is 0.500. The summed E-state index contributed by atoms with van der Waals surface area (Å²) >= 11 is 0. The monoisotopic (exact) mass is 242 g/mol. The topological polar surface area (TPSA) is 15.3 Å². The van der Waals surface area contributed by atoms with Crippen molar-refractivity contribution in [3.8, 4) is 0 Å². The zero-order chi connectivity index (χ0) is 9.14. The summed E-state index contributed by atoms with van der Waals surface area (Å²) in [6, 6.07) is 1.40. The van der Waals surface area contributed by atoms with E-state index in [1.54, 1.807) is 0 Å². The van der Waals surface area contributed by atoms with Gasteiger partial charge in [-0.1, -0.05) is 13.8 Å². The fraction of sp³-hybridized carbons (Fsp3) is 1.00. The first-order valence-electron chi connectivity index (χ1n) is 5.08. The minimum absolute atomic E-state index is 0. The normalized spacial score (nSPS) is 23.1. The lowest BCUT2D eigenvalue weighted by Crippen LogP contribution is -2.54. The van der Waals surface area contributed by atoms with Gasteiger partial charge in [0.25, 0.3) is 0 Å². The minimum atomic E-state index is 0. The van der Waals surface area contributed by atoms with Crippen LogP contribution in [0.4, 0.5) is 0 Å². The molecule has 1 atom stereocenters. The lowest BCUT2D eigenvalue weighted by molar-refractivity contribution is 0.143. The molecule has 1 N–H and O–H groups in total. The van der Waals surface area contributed by atoms with Crippen LogP contribution in [-0.2, 0) is 0 Å². The maximum atomic E-state index is 3.56. The first-order valence-corrected chi connectivity index (χ1v) is 5.08. The Balaban J connectivity index is 0. The van der Waals surface area contributed by atoms with Crippen molar-refractivity contribution in [3.05, 3.63) is 0 Å². The van der Waals surface area contributed by atoms with Crippen molar-refractivity contribution in [1.82, 2.24) is 10.2 Å². The van der Waals surface area contributed by atoms with Crippen molar-refractivity contribution in [3.63, 3.8) is 0 Å². The molecule has 0 saturated carbocycles. The van der Waals surface area contributed by atoms with Gasteiger partial charge in [0.2, 0.25) is 0 Å². The Labute approximate surface area is 101 Å². The molecule has 1 aliphatic rings. The van der Waals surface area contributed by atoms with Crippen molar-refractivity contribution < 1.29 is 0 Å². The fourth-order valence-corrected chi connectivity index (χ4v) is 1.72. The van der Waals surface area contributed by atoms with E-state index in [1.165, 1.54) is 13.1 Å². The maximum Gasteiger partial charge on any atom is 0.0218 e. The van der Waals surface area contributed by atoms with Gasteiger partial charge in [0.1, 0.15) is 0 Å². The summed E-state index contributed by atoms with van der Waals surface area (Å²) in [5.74, 6) is 0.756. The lowest BCUT2D eigenvalue weighted by atomic mass is 10.0. The van der Waals surface area contributed by atoms with Gasteiger partial charge in [-0.25, -0.2) is 0 Å². The van der Waals surface area contributed by atoms with Gasteiger partial charge < -0.3 is 5.32 Å². The zero-order valence-corrected chi connectivity index (χ0v) is 11.3. The van der Waals surface area contributed by atoms with E-state index in [9.17, 15) is 0 Å². The van der Waals surface area contributed by atoms with Crippen molar-refractivity contribution >= 4 is 24.8 Å². The second kappa shape index (κ2) is 7.75. The average Bonchev–Trinajstić information content (AvgIpc) is 2.04. The van der Waals surface area contributed by atoms with Gasteiger partial charge >= 0.3 is 0 Å². The predicted molar refractivity (Wildman–Crippen MR) is 67.8 cm³/mol. The summed E-state index contributed by atoms with van der Waals surface area (Å²) in [5.41, 5.74) is 0. The van der Waals surface area contributed by atoms with Gasteiger partial charge in [0, 0.05) is 31.7 Å². The molecule has 0 aromatic carbocycles. The van der Waals surface area contributed by atoms with Crippen LogP contribution in [0.25, 0.3) is 0 Å². The summed E-state index contributed by atoms with van der Waals surface area (Å²) in [6.07, 6.45) is 0. The van der Waals surface area contributed by atoms with E-state index in [-0.39, 0.29) is 24.8 Å². The molecule has 2 nitrogen and oxygen atoms in total. The second-order valence-corrected chi connectivity index (χ2v) is 4.39. The van der Waals surface area contributed by atoms with Crippen LogP contribution < -0.4 is 5.32 Å². The largest absolute Gasteiger partial charge is 0.311 e. The summed E-state index contributed by atoms with van der Waals surface area (Å²) in [7, 11) is 0. The molecule has 0 amide bonds. The van der Waals surface area contributed by atoms with Crippen molar-refractivity contribution in [1.29, 1.82) is 0 Å². The molecule has 0 bridgehead atoms. The quantitative estimate of drug-likeness (QED) is 0.799. The molecule has 0 aromatic rings. The fourth-order valence-electron chi connectivity index (χ4n) is 1.72. The molecule has 0 radical (unpaired) electrons. The number of piperazine rings is 1. The highest BCUT2D eigenvalue weighted by molar-refractivity contribution is 5.85. The summed E-state index contributed by atoms with van der Waals surface area (Å²) in [6.45, 7) is 12.7. The Bertz CT molecular complexity index is 126. The third-order valence-electron chi connectivity index (χ3n) is 2.77. The lowest BCUT2D eigenvalue weighted by Gasteiger charge is -2.38. The first-order chi connectivity index (χ1) is 5.61. The highest BCUT2D eigenvalue weighted by atomic mass is 35.5. The number of halogens is 2. The Morgan fingerprint density at radius 1 is 1.14 bits per heavy atom. The highest BCUT2D eigenvalue weighted by Crippen LogP contribution is 2.10. The van der Waals surface area contributed by atoms with Crippen LogP contribution in [0.3, 0.4) is 0 Å². The summed E-state index contributed by atoms with van der Waals surface area (Å²) in [4.78, 5) is 2.56. The van der Waals surface area contributed by atoms with Crippen LogP contribution in [0.5, 0.6) is 0 Å². The molecule has 4 heteroatoms. The Morgan fingerprint density at radius 2 is 1.71 bits per heavy atom. The molecular weight excluding hydrogens is 219 g/mol. The molecule has 0 unspecified atom stereocenters. The zero-order valence-electron chi connectivity index (χ0n) is 9.62. The van der Waals surface area contributed by atoms with E-state index in [4.69, 9.17) is 0 Å². The Morgan fingerprint density at radius 3 is 2.14 bits per heavy atom. The molecule has 14 heavy (non-hydrogen) atoms. The third-order valence-corrected chi connectivity index (χ3v) is 2.77. The third kappa shape index (κ3) is 4.83. The predicted octanol–water partition coefficient (Wildman–Crippen LogP) is 2.17. The number of nitrogens with zero attached hydrogens (tertiary/aromatic N) is 1. The van der Waals surface area contributed by atoms with Crippen LogP contribution in [0.2, 0.25) is 0 Å². The Kier molecular flexibility index (Phi) is 9.36. The molecule has 1 saturated heterocycles. The first kappa shape index (κ1) is 16.9. The molecule has 0 aromatic heterocycles. The highest BCUT2D eigenvalue weighted by Gasteiger charge is 2.22. The van der Waals surface area contributed by atoms with E-state index >= 15 is 0 Å². The number of rotatable bonds is 2. The van der Waals surface area contributed by atoms with Crippen molar-refractivity contribution in [2.75, 3.05) is 19.6 Å². The van der Waals surface area contributed by atoms with Crippen molar-refractivity contribution in [2.24, 2.45) is 5.92 Å². The minimum Gasteiger partial charge on any atom is -0.311 e. The van der Waals surface area contributed by atoms with Gasteiger partial charge in [0.05, 0.1) is 0 Å². The van der Waals surface area contributed by atoms with E-state index in [2.05, 4.69) is 37.9 Å². The van der Waals surface area contributed by atoms with Crippen LogP contribution in [0.15, 0.2) is 0 Å². The van der Waals surface area contributed by atoms with E-state index in [0.717, 1.165) is 12.5 Å². The van der Waals surface area contributed by atoms with Crippen LogP contribution in [0.1, 0.15) is 27.7 Å². The SMILES string of the molecule is CC(C)[C@H]1CN(C(C)C)CCN1.Cl.Cl. The summed E-state index contributed by atoms with van der Waals surface area (Å²) < 4.78 is 0. The molecule has 1 aliphatic heterocycles. The van der Waals surface area contributed by atoms with Gasteiger partial charge in [-0.3, -0.25) is 4.90 Å². The smallest absolute Gasteiger partial charge is 0.0218 e. The summed E-state index contributed by atoms with van der Waals surface area (Å²) in [5, 5.41) is 3.56. The molecule has 0 spiro atoms. The number of hydrogen-bond donors (Lipinski definition) is 1. The average molecular weight is 243 g/mol. The van der Waals surface area contributed by atoms with Crippen LogP contribution >= 0.6 is 24.8 Å². The molecule has 88 valence electrons. The molecule has 1 heterocycles. The van der Waals surface area contributed by atoms with E-state index < -0.39 is 0 Å². The molecule has 1 rings (SSSR count). The van der Waals surface area contributed by atoms with E-state index in [0.29, 0.717) is 12.1 Å². The number of hydrogen-bond acceptors (Lipinski definition) is 2. The second-order valence-electron chi connectivity index (χ2n) is 4.39. The molecule has 0 aliphatic carbocycles. The molecular formula is C10H24Cl2N2. The standard InChI is InChI=1S/C10H22N2.2ClH/c1-8(2)10-7-12(9(3)4)6-5-11-10;;/h8-11H,5-7H2,1-4H3;2*1H/t10-;;/m1../s1. The van der Waals surface area contributed by atoms with Gasteiger partial charge in [-0.2, -0.15) is 0 Å². The molecule has 1 fully saturated rings. The number of nitrogens with one attached hydrogen (secondary N) is 1. The van der Waals surface area contributed by atoms with Crippen molar-refractivity contribution in [2.45, 2.75) is 39.8 Å². The van der Waals surface area contributed by atoms with Crippen LogP contribution in [0, 0.1) is 5.92 Å². The van der Waals surface area contributed by atoms with E-state index in [1.807, 2.05) is 0 Å². The van der Waals surface area contributed by atoms with Gasteiger partial charge in [-0.15, -0.1) is 24.8 Å². The maximum absolute atomic E-state index is 3.56. The van der Waals surface area contributed by atoms with Crippen LogP contribution in [-0.4, -0.2) is 36.6 Å².